The molecule has 0 spiro atoms. The van der Waals surface area contributed by atoms with E-state index >= 15 is 0 Å². The Kier molecular flexibility index (Phi) is 6.63. The quantitative estimate of drug-likeness (QED) is 0.704. The lowest BCUT2D eigenvalue weighted by Gasteiger charge is -2.11. The summed E-state index contributed by atoms with van der Waals surface area (Å²) in [5, 5.41) is 3.29. The van der Waals surface area contributed by atoms with Crippen molar-refractivity contribution in [3.05, 3.63) is 72.0 Å². The molecule has 1 nitrogen and oxygen atoms in total. The SMILES string of the molecule is C=C/C=C(CCC)/C(=C/Cc1ccccc1)NC. The Morgan fingerprint density at radius 1 is 1.28 bits per heavy atom. The van der Waals surface area contributed by atoms with Crippen molar-refractivity contribution >= 4 is 0 Å². The van der Waals surface area contributed by atoms with E-state index in [0.717, 1.165) is 19.3 Å². The first kappa shape index (κ1) is 14.3. The van der Waals surface area contributed by atoms with Crippen molar-refractivity contribution in [1.29, 1.82) is 0 Å². The average Bonchev–Trinajstić information content (AvgIpc) is 2.41. The molecule has 0 aromatic heterocycles. The third-order valence-corrected chi connectivity index (χ3v) is 2.84. The summed E-state index contributed by atoms with van der Waals surface area (Å²) < 4.78 is 0. The van der Waals surface area contributed by atoms with E-state index in [2.05, 4.69) is 55.2 Å². The summed E-state index contributed by atoms with van der Waals surface area (Å²) in [6.45, 7) is 5.98. The van der Waals surface area contributed by atoms with Crippen LogP contribution >= 0.6 is 0 Å². The Labute approximate surface area is 111 Å². The van der Waals surface area contributed by atoms with Crippen LogP contribution in [-0.4, -0.2) is 7.05 Å². The summed E-state index contributed by atoms with van der Waals surface area (Å²) in [4.78, 5) is 0. The summed E-state index contributed by atoms with van der Waals surface area (Å²) in [7, 11) is 1.98. The van der Waals surface area contributed by atoms with E-state index in [9.17, 15) is 0 Å². The van der Waals surface area contributed by atoms with Crippen molar-refractivity contribution in [2.24, 2.45) is 0 Å². The molecule has 1 aromatic carbocycles. The topological polar surface area (TPSA) is 12.0 Å². The Hall–Kier alpha value is -1.76. The first-order chi connectivity index (χ1) is 8.81. The number of hydrogen-bond donors (Lipinski definition) is 1. The molecule has 18 heavy (non-hydrogen) atoms. The Bertz CT molecular complexity index is 412. The summed E-state index contributed by atoms with van der Waals surface area (Å²) in [6, 6.07) is 10.5. The monoisotopic (exact) mass is 241 g/mol. The third-order valence-electron chi connectivity index (χ3n) is 2.84. The van der Waals surface area contributed by atoms with Gasteiger partial charge in [0, 0.05) is 12.7 Å². The zero-order valence-corrected chi connectivity index (χ0v) is 11.4. The lowest BCUT2D eigenvalue weighted by atomic mass is 10.0. The average molecular weight is 241 g/mol. The molecule has 0 heterocycles. The molecule has 0 saturated carbocycles. The van der Waals surface area contributed by atoms with Crippen molar-refractivity contribution in [3.63, 3.8) is 0 Å². The fourth-order valence-corrected chi connectivity index (χ4v) is 1.95. The fourth-order valence-electron chi connectivity index (χ4n) is 1.95. The zero-order valence-electron chi connectivity index (χ0n) is 11.4. The van der Waals surface area contributed by atoms with Crippen LogP contribution < -0.4 is 5.32 Å². The van der Waals surface area contributed by atoms with Crippen LogP contribution in [0.1, 0.15) is 25.3 Å². The molecule has 0 fully saturated rings. The van der Waals surface area contributed by atoms with Crippen molar-refractivity contribution < 1.29 is 0 Å². The second kappa shape index (κ2) is 8.35. The van der Waals surface area contributed by atoms with Crippen molar-refractivity contribution in [2.75, 3.05) is 7.05 Å². The molecule has 0 aliphatic carbocycles. The molecule has 0 aliphatic rings. The predicted octanol–water partition coefficient (Wildman–Crippen LogP) is 4.24. The molecule has 0 saturated heterocycles. The van der Waals surface area contributed by atoms with Crippen LogP contribution in [-0.2, 0) is 6.42 Å². The van der Waals surface area contributed by atoms with Gasteiger partial charge in [-0.05, 0) is 24.0 Å². The minimum absolute atomic E-state index is 0.954. The maximum atomic E-state index is 3.79. The van der Waals surface area contributed by atoms with E-state index in [0.29, 0.717) is 0 Å². The molecule has 0 bridgehead atoms. The van der Waals surface area contributed by atoms with Crippen molar-refractivity contribution in [3.8, 4) is 0 Å². The Balaban J connectivity index is 2.81. The van der Waals surface area contributed by atoms with Crippen molar-refractivity contribution in [2.45, 2.75) is 26.2 Å². The maximum absolute atomic E-state index is 3.79. The van der Waals surface area contributed by atoms with Gasteiger partial charge < -0.3 is 5.32 Å². The summed E-state index contributed by atoms with van der Waals surface area (Å²) >= 11 is 0. The smallest absolute Gasteiger partial charge is 0.0332 e. The molecule has 0 atom stereocenters. The second-order valence-electron chi connectivity index (χ2n) is 4.24. The van der Waals surface area contributed by atoms with Gasteiger partial charge in [-0.2, -0.15) is 0 Å². The minimum Gasteiger partial charge on any atom is -0.388 e. The predicted molar refractivity (Wildman–Crippen MR) is 80.5 cm³/mol. The van der Waals surface area contributed by atoms with Crippen LogP contribution in [0, 0.1) is 0 Å². The highest BCUT2D eigenvalue weighted by Crippen LogP contribution is 2.15. The number of hydrogen-bond acceptors (Lipinski definition) is 1. The molecule has 0 amide bonds. The van der Waals surface area contributed by atoms with Gasteiger partial charge in [0.05, 0.1) is 0 Å². The van der Waals surface area contributed by atoms with Crippen LogP contribution in [0.5, 0.6) is 0 Å². The van der Waals surface area contributed by atoms with Gasteiger partial charge >= 0.3 is 0 Å². The second-order valence-corrected chi connectivity index (χ2v) is 4.24. The Morgan fingerprint density at radius 3 is 2.56 bits per heavy atom. The number of likely N-dealkylation sites (N-methyl/N-ethyl adjacent to an activating group) is 1. The van der Waals surface area contributed by atoms with Gasteiger partial charge in [0.25, 0.3) is 0 Å². The van der Waals surface area contributed by atoms with Gasteiger partial charge in [0.15, 0.2) is 0 Å². The van der Waals surface area contributed by atoms with E-state index in [4.69, 9.17) is 0 Å². The lowest BCUT2D eigenvalue weighted by molar-refractivity contribution is 0.865. The van der Waals surface area contributed by atoms with Gasteiger partial charge in [0.1, 0.15) is 0 Å². The van der Waals surface area contributed by atoms with Crippen LogP contribution in [0.4, 0.5) is 0 Å². The molecule has 0 unspecified atom stereocenters. The zero-order chi connectivity index (χ0) is 13.2. The van der Waals surface area contributed by atoms with Gasteiger partial charge in [-0.25, -0.2) is 0 Å². The van der Waals surface area contributed by atoms with Crippen LogP contribution in [0.3, 0.4) is 0 Å². The van der Waals surface area contributed by atoms with Crippen LogP contribution in [0.25, 0.3) is 0 Å². The summed E-state index contributed by atoms with van der Waals surface area (Å²) in [6.07, 6.45) is 9.38. The van der Waals surface area contributed by atoms with Gasteiger partial charge in [0.2, 0.25) is 0 Å². The third kappa shape index (κ3) is 4.62. The largest absolute Gasteiger partial charge is 0.388 e. The van der Waals surface area contributed by atoms with E-state index in [1.165, 1.54) is 16.8 Å². The molecule has 0 aliphatic heterocycles. The molecular weight excluding hydrogens is 218 g/mol. The highest BCUT2D eigenvalue weighted by molar-refractivity contribution is 5.33. The molecule has 1 N–H and O–H groups in total. The number of allylic oxidation sites excluding steroid dienone is 4. The molecule has 96 valence electrons. The van der Waals surface area contributed by atoms with Crippen LogP contribution in [0.15, 0.2) is 66.4 Å². The van der Waals surface area contributed by atoms with E-state index in [1.54, 1.807) is 0 Å². The van der Waals surface area contributed by atoms with Gasteiger partial charge in [-0.3, -0.25) is 0 Å². The number of rotatable bonds is 7. The van der Waals surface area contributed by atoms with Gasteiger partial charge in [-0.1, -0.05) is 68.5 Å². The molecule has 1 aromatic rings. The standard InChI is InChI=1S/C17H23N/c1-4-9-16(10-5-2)17(18-3)14-13-15-11-7-6-8-12-15/h4,6-9,11-12,14,18H,1,5,10,13H2,2-3H3/b16-9+,17-14-. The molecular formula is C17H23N. The summed E-state index contributed by atoms with van der Waals surface area (Å²) in [5.41, 5.74) is 3.87. The number of benzene rings is 1. The van der Waals surface area contributed by atoms with Gasteiger partial charge in [-0.15, -0.1) is 0 Å². The minimum atomic E-state index is 0.954. The summed E-state index contributed by atoms with van der Waals surface area (Å²) in [5.74, 6) is 0. The maximum Gasteiger partial charge on any atom is 0.0332 e. The molecule has 1 rings (SSSR count). The lowest BCUT2D eigenvalue weighted by Crippen LogP contribution is -2.09. The number of nitrogens with one attached hydrogen (secondary N) is 1. The van der Waals surface area contributed by atoms with Crippen molar-refractivity contribution in [1.82, 2.24) is 5.32 Å². The highest BCUT2D eigenvalue weighted by Gasteiger charge is 2.01. The highest BCUT2D eigenvalue weighted by atomic mass is 14.8. The van der Waals surface area contributed by atoms with Crippen LogP contribution in [0.2, 0.25) is 0 Å². The Morgan fingerprint density at radius 2 is 2.00 bits per heavy atom. The van der Waals surface area contributed by atoms with E-state index < -0.39 is 0 Å². The van der Waals surface area contributed by atoms with E-state index in [1.807, 2.05) is 19.2 Å². The van der Waals surface area contributed by atoms with E-state index in [-0.39, 0.29) is 0 Å². The first-order valence-electron chi connectivity index (χ1n) is 6.55. The first-order valence-corrected chi connectivity index (χ1v) is 6.55. The molecule has 0 radical (unpaired) electrons. The molecule has 1 heteroatoms. The normalized spacial score (nSPS) is 12.3. The fraction of sp³-hybridized carbons (Fsp3) is 0.294.